The largest absolute Gasteiger partial charge is 0.383 e. The fourth-order valence-corrected chi connectivity index (χ4v) is 7.86. The van der Waals surface area contributed by atoms with Crippen LogP contribution in [0.5, 0.6) is 0 Å². The van der Waals surface area contributed by atoms with E-state index in [1.165, 1.54) is 43.2 Å². The van der Waals surface area contributed by atoms with Crippen LogP contribution in [0.4, 0.5) is 5.69 Å². The van der Waals surface area contributed by atoms with Crippen molar-refractivity contribution in [2.24, 2.45) is 4.99 Å². The number of methoxy groups -OCH3 is 1. The molecule has 1 unspecified atom stereocenters. The van der Waals surface area contributed by atoms with Crippen LogP contribution in [0.3, 0.4) is 0 Å². The van der Waals surface area contributed by atoms with Crippen LogP contribution in [-0.2, 0) is 38.6 Å². The molecule has 50 heavy (non-hydrogen) atoms. The number of amidine groups is 1. The second kappa shape index (κ2) is 23.7. The maximum absolute atomic E-state index is 14.2. The molecule has 1 saturated heterocycles. The van der Waals surface area contributed by atoms with Gasteiger partial charge in [0.15, 0.2) is 0 Å². The van der Waals surface area contributed by atoms with Crippen LogP contribution < -0.4 is 5.32 Å². The van der Waals surface area contributed by atoms with Crippen molar-refractivity contribution in [1.82, 2.24) is 19.1 Å². The van der Waals surface area contributed by atoms with E-state index in [4.69, 9.17) is 9.73 Å². The molecule has 2 aromatic rings. The standard InChI is InChI=1S/C30H45N5O2S.C6H12O.C5H12/c1-7-10-12-24-13-14-26(38(6,36)35-17-15-33(16-18-35)19-20-37-5)21-27(24)30-31-23(4)29-28(32-30)25(11-8-2)22-34(29)9-3;1-2-3-4-5-6-7;1-3-5-4-2/h13-14,21-22H,4,6-12,15-20H2,1-3,5H3,(H,31,32);6H,2-5H2,1H3;3-5H2,1-2H3. The molecular weight excluding hydrogens is 643 g/mol. The first kappa shape index (κ1) is 43.4. The van der Waals surface area contributed by atoms with Crippen molar-refractivity contribution in [2.75, 3.05) is 46.4 Å². The van der Waals surface area contributed by atoms with Gasteiger partial charge >= 0.3 is 0 Å². The van der Waals surface area contributed by atoms with Gasteiger partial charge in [-0.05, 0) is 61.7 Å². The molecule has 0 bridgehead atoms. The SMILES string of the molecule is C=C1NC(c2cc(S(=C)(=O)N3CCN(CCOC)CC3)ccc2CCCC)=Nc2c(CCC)cn(CC)c21.CCCCC.CCCCCC=O. The van der Waals surface area contributed by atoms with Crippen molar-refractivity contribution >= 4 is 39.1 Å². The van der Waals surface area contributed by atoms with Gasteiger partial charge in [0.2, 0.25) is 0 Å². The first-order valence-corrected chi connectivity index (χ1v) is 21.0. The van der Waals surface area contributed by atoms with Crippen LogP contribution in [0.2, 0.25) is 0 Å². The Labute approximate surface area is 305 Å². The van der Waals surface area contributed by atoms with E-state index in [1.54, 1.807) is 7.11 Å². The Kier molecular flexibility index (Phi) is 20.6. The fourth-order valence-electron chi connectivity index (χ4n) is 6.22. The third-order valence-electron chi connectivity index (χ3n) is 9.26. The summed E-state index contributed by atoms with van der Waals surface area (Å²) in [5.41, 5.74) is 6.42. The smallest absolute Gasteiger partial charge is 0.138 e. The molecule has 4 rings (SSSR count). The lowest BCUT2D eigenvalue weighted by Gasteiger charge is -2.36. The zero-order valence-corrected chi connectivity index (χ0v) is 33.5. The minimum absolute atomic E-state index is 0.714. The number of hydrogen-bond acceptors (Lipinski definition) is 6. The molecule has 0 aliphatic carbocycles. The van der Waals surface area contributed by atoms with Crippen LogP contribution in [0.25, 0.3) is 5.70 Å². The van der Waals surface area contributed by atoms with Gasteiger partial charge in [0, 0.05) is 69.5 Å². The van der Waals surface area contributed by atoms with Gasteiger partial charge in [-0.2, -0.15) is 0 Å². The number of aromatic nitrogens is 1. The Balaban J connectivity index is 0.000000620. The maximum Gasteiger partial charge on any atom is 0.138 e. The molecule has 9 heteroatoms. The Bertz CT molecular complexity index is 1440. The molecule has 1 fully saturated rings. The zero-order valence-electron chi connectivity index (χ0n) is 32.7. The van der Waals surface area contributed by atoms with Gasteiger partial charge in [-0.15, -0.1) is 0 Å². The van der Waals surface area contributed by atoms with Crippen molar-refractivity contribution in [3.63, 3.8) is 0 Å². The average molecular weight is 712 g/mol. The number of fused-ring (bicyclic) bond motifs is 1. The Morgan fingerprint density at radius 3 is 2.14 bits per heavy atom. The van der Waals surface area contributed by atoms with Crippen molar-refractivity contribution in [1.29, 1.82) is 0 Å². The van der Waals surface area contributed by atoms with Crippen molar-refractivity contribution in [3.05, 3.63) is 53.4 Å². The van der Waals surface area contributed by atoms with Gasteiger partial charge in [-0.25, -0.2) is 13.5 Å². The van der Waals surface area contributed by atoms with E-state index < -0.39 is 9.71 Å². The number of aryl methyl sites for hydroxylation is 3. The second-order valence-corrected chi connectivity index (χ2v) is 15.6. The van der Waals surface area contributed by atoms with Crippen molar-refractivity contribution in [2.45, 2.75) is 130 Å². The highest BCUT2D eigenvalue weighted by Gasteiger charge is 2.27. The molecule has 1 N–H and O–H groups in total. The zero-order chi connectivity index (χ0) is 36.9. The summed E-state index contributed by atoms with van der Waals surface area (Å²) in [6.07, 6.45) is 16.7. The highest BCUT2D eigenvalue weighted by Crippen LogP contribution is 2.36. The van der Waals surface area contributed by atoms with Crippen LogP contribution in [0.15, 0.2) is 40.9 Å². The second-order valence-electron chi connectivity index (χ2n) is 13.3. The predicted octanol–water partition coefficient (Wildman–Crippen LogP) is 8.67. The third-order valence-corrected chi connectivity index (χ3v) is 11.5. The van der Waals surface area contributed by atoms with Crippen LogP contribution in [-0.4, -0.2) is 82.4 Å². The molecular formula is C41H69N5O3S. The van der Waals surface area contributed by atoms with Gasteiger partial charge in [0.25, 0.3) is 0 Å². The number of piperazine rings is 1. The molecule has 282 valence electrons. The van der Waals surface area contributed by atoms with Gasteiger partial charge < -0.3 is 19.4 Å². The number of nitrogens with one attached hydrogen (secondary N) is 1. The number of benzene rings is 1. The topological polar surface area (TPSA) is 79.2 Å². The summed E-state index contributed by atoms with van der Waals surface area (Å²) >= 11 is 0. The number of ether oxygens (including phenoxy) is 1. The van der Waals surface area contributed by atoms with E-state index in [9.17, 15) is 9.00 Å². The Morgan fingerprint density at radius 1 is 0.900 bits per heavy atom. The minimum atomic E-state index is -2.63. The molecule has 0 saturated carbocycles. The third kappa shape index (κ3) is 12.8. The lowest BCUT2D eigenvalue weighted by atomic mass is 10.00. The van der Waals surface area contributed by atoms with Gasteiger partial charge in [-0.3, -0.25) is 4.90 Å². The summed E-state index contributed by atoms with van der Waals surface area (Å²) in [5, 5.41) is 3.51. The summed E-state index contributed by atoms with van der Waals surface area (Å²) < 4.78 is 23.7. The number of carbonyl (C=O) groups excluding carboxylic acids is 1. The van der Waals surface area contributed by atoms with E-state index in [-0.39, 0.29) is 0 Å². The molecule has 2 aliphatic heterocycles. The minimum Gasteiger partial charge on any atom is -0.383 e. The Hall–Kier alpha value is -2.72. The quantitative estimate of drug-likeness (QED) is 0.0952. The number of unbranched alkanes of at least 4 members (excludes halogenated alkanes) is 6. The first-order chi connectivity index (χ1) is 24.2. The molecule has 1 aromatic heterocycles. The average Bonchev–Trinajstić information content (AvgIpc) is 3.49. The molecule has 2 aliphatic rings. The summed E-state index contributed by atoms with van der Waals surface area (Å²) in [4.78, 5) is 18.0. The maximum atomic E-state index is 14.2. The first-order valence-electron chi connectivity index (χ1n) is 19.3. The lowest BCUT2D eigenvalue weighted by Crippen LogP contribution is -2.49. The van der Waals surface area contributed by atoms with Gasteiger partial charge in [0.1, 0.15) is 12.1 Å². The lowest BCUT2D eigenvalue weighted by molar-refractivity contribution is -0.107. The fraction of sp³-hybridized carbons (Fsp3) is 0.634. The van der Waals surface area contributed by atoms with Crippen LogP contribution in [0, 0.1) is 0 Å². The normalized spacial score (nSPS) is 15.8. The van der Waals surface area contributed by atoms with E-state index in [0.29, 0.717) is 6.61 Å². The number of rotatable bonds is 18. The van der Waals surface area contributed by atoms with Crippen LogP contribution >= 0.6 is 0 Å². The predicted molar refractivity (Wildman–Crippen MR) is 216 cm³/mol. The van der Waals surface area contributed by atoms with E-state index >= 15 is 0 Å². The van der Waals surface area contributed by atoms with Gasteiger partial charge in [-0.1, -0.05) is 92.2 Å². The molecule has 1 atom stereocenters. The molecule has 1 aromatic carbocycles. The summed E-state index contributed by atoms with van der Waals surface area (Å²) in [6.45, 7) is 23.1. The molecule has 0 amide bonds. The number of nitrogens with zero attached hydrogens (tertiary/aromatic N) is 4. The highest BCUT2D eigenvalue weighted by atomic mass is 32.2. The molecule has 0 radical (unpaired) electrons. The number of carbonyl (C=O) groups is 1. The van der Waals surface area contributed by atoms with E-state index in [0.717, 1.165) is 124 Å². The van der Waals surface area contributed by atoms with Crippen molar-refractivity contribution in [3.8, 4) is 0 Å². The van der Waals surface area contributed by atoms with E-state index in [1.807, 2.05) is 6.07 Å². The summed E-state index contributed by atoms with van der Waals surface area (Å²) in [6, 6.07) is 6.21. The Morgan fingerprint density at radius 2 is 1.58 bits per heavy atom. The number of aldehydes is 1. The summed E-state index contributed by atoms with van der Waals surface area (Å²) in [5.74, 6) is 5.06. The monoisotopic (exact) mass is 712 g/mol. The van der Waals surface area contributed by atoms with Crippen LogP contribution in [0.1, 0.15) is 128 Å². The van der Waals surface area contributed by atoms with E-state index in [2.05, 4.69) is 91.4 Å². The number of aliphatic imine (C=N–C) groups is 1. The molecule has 0 spiro atoms. The molecule has 8 nitrogen and oxygen atoms in total. The summed E-state index contributed by atoms with van der Waals surface area (Å²) in [7, 11) is -0.900. The number of hydrogen-bond donors (Lipinski definition) is 1. The van der Waals surface area contributed by atoms with Crippen molar-refractivity contribution < 1.29 is 13.7 Å². The highest BCUT2D eigenvalue weighted by molar-refractivity contribution is 7.98. The van der Waals surface area contributed by atoms with Gasteiger partial charge in [0.05, 0.1) is 33.4 Å². The molecule has 3 heterocycles.